The van der Waals surface area contributed by atoms with Crippen molar-refractivity contribution in [1.82, 2.24) is 0 Å². The van der Waals surface area contributed by atoms with E-state index < -0.39 is 127 Å². The molecule has 2 aliphatic rings. The maximum Gasteiger partial charge on any atom is 0.412 e. The summed E-state index contributed by atoms with van der Waals surface area (Å²) in [6, 6.07) is 4.51. The first-order chi connectivity index (χ1) is 26.2. The monoisotopic (exact) mass is 800 g/mol. The number of nitrogens with zero attached hydrogens (tertiary/aromatic N) is 1. The lowest BCUT2D eigenvalue weighted by atomic mass is 9.96. The minimum absolute atomic E-state index is 0.00221. The molecule has 0 aromatic heterocycles. The van der Waals surface area contributed by atoms with E-state index in [0.29, 0.717) is 0 Å². The molecule has 23 heteroatoms. The van der Waals surface area contributed by atoms with Gasteiger partial charge in [-0.3, -0.25) is 49.0 Å². The van der Waals surface area contributed by atoms with Crippen LogP contribution in [0, 0.1) is 10.1 Å². The summed E-state index contributed by atoms with van der Waals surface area (Å²) in [4.78, 5) is 109. The summed E-state index contributed by atoms with van der Waals surface area (Å²) in [6.07, 6.45) is -19.0. The van der Waals surface area contributed by atoms with Gasteiger partial charge in [0.05, 0.1) is 4.92 Å². The fourth-order valence-corrected chi connectivity index (χ4v) is 5.47. The van der Waals surface area contributed by atoms with Crippen molar-refractivity contribution in [1.29, 1.82) is 0 Å². The maximum absolute atomic E-state index is 13.3. The standard InChI is InChI=1S/C33H40N2O21/c1-14(36)46-12-23-25(48-16(3)38)27(50-18(5)40)30(31(53-23)52-20(7)42)55-32-29(51-19(6)41)28(26(49-17(4)39)24(54-32)13-47-15(2)37)56-33(43)34-21-8-10-22(11-9-21)35(44)45/h8-11,23-32H,12-13H2,1-7H3,(H,34,43)/t23-,24-,25+,26-,27-,28-,29+,30-,31+,32+/m1/s1. The van der Waals surface area contributed by atoms with Crippen LogP contribution in [0.5, 0.6) is 0 Å². The number of nitro benzene ring substituents is 1. The first-order valence-electron chi connectivity index (χ1n) is 16.6. The van der Waals surface area contributed by atoms with Crippen LogP contribution in [0.2, 0.25) is 0 Å². The molecule has 0 spiro atoms. The number of anilines is 1. The Balaban J connectivity index is 2.16. The molecular formula is C33H40N2O21. The molecule has 1 aromatic rings. The SMILES string of the molecule is CC(=O)OC[C@H]1O[C@H](OC(C)=O)[C@H](O[C@@H]2O[C@H](COC(C)=O)[C@@H](OC(C)=O)[C@@H](OC(=O)Nc3ccc([N+](=O)[O-])cc3)[C@@H]2OC(C)=O)[C@H](OC(C)=O)[C@H]1OC(C)=O. The number of nitro groups is 1. The number of nitrogens with one attached hydrogen (secondary N) is 1. The number of carbonyl (C=O) groups excluding carboxylic acids is 8. The van der Waals surface area contributed by atoms with Gasteiger partial charge in [0.25, 0.3) is 5.69 Å². The van der Waals surface area contributed by atoms with Crippen LogP contribution >= 0.6 is 0 Å². The van der Waals surface area contributed by atoms with Crippen molar-refractivity contribution in [3.63, 3.8) is 0 Å². The molecule has 1 N–H and O–H groups in total. The summed E-state index contributed by atoms with van der Waals surface area (Å²) in [6.45, 7) is 5.68. The Morgan fingerprint density at radius 3 is 1.39 bits per heavy atom. The molecule has 0 aliphatic carbocycles. The van der Waals surface area contributed by atoms with Crippen LogP contribution in [-0.4, -0.2) is 127 Å². The average Bonchev–Trinajstić information content (AvgIpc) is 3.07. The van der Waals surface area contributed by atoms with E-state index in [0.717, 1.165) is 60.6 Å². The third-order valence-electron chi connectivity index (χ3n) is 7.43. The third kappa shape index (κ3) is 13.1. The lowest BCUT2D eigenvalue weighted by Gasteiger charge is -2.48. The van der Waals surface area contributed by atoms with Crippen molar-refractivity contribution >= 4 is 59.3 Å². The van der Waals surface area contributed by atoms with Gasteiger partial charge >= 0.3 is 47.9 Å². The normalized spacial score (nSPS) is 26.9. The van der Waals surface area contributed by atoms with Crippen molar-refractivity contribution in [2.24, 2.45) is 0 Å². The van der Waals surface area contributed by atoms with Crippen LogP contribution in [0.3, 0.4) is 0 Å². The van der Waals surface area contributed by atoms with Crippen molar-refractivity contribution in [3.8, 4) is 0 Å². The van der Waals surface area contributed by atoms with E-state index in [2.05, 4.69) is 5.32 Å². The van der Waals surface area contributed by atoms with E-state index in [4.69, 9.17) is 52.1 Å². The van der Waals surface area contributed by atoms with Gasteiger partial charge in [0.2, 0.25) is 6.29 Å². The highest BCUT2D eigenvalue weighted by Crippen LogP contribution is 2.36. The Bertz CT molecular complexity index is 1650. The summed E-state index contributed by atoms with van der Waals surface area (Å²) in [5, 5.41) is 13.4. The molecule has 3 rings (SSSR count). The number of hydrogen-bond acceptors (Lipinski definition) is 21. The quantitative estimate of drug-likeness (QED) is 0.118. The highest BCUT2D eigenvalue weighted by Gasteiger charge is 2.58. The fraction of sp³-hybridized carbons (Fsp3) is 0.576. The summed E-state index contributed by atoms with van der Waals surface area (Å²) in [7, 11) is 0. The Kier molecular flexibility index (Phi) is 16.0. The zero-order valence-corrected chi connectivity index (χ0v) is 31.0. The van der Waals surface area contributed by atoms with E-state index in [1.54, 1.807) is 0 Å². The summed E-state index contributed by atoms with van der Waals surface area (Å²) >= 11 is 0. The van der Waals surface area contributed by atoms with E-state index in [1.165, 1.54) is 12.1 Å². The van der Waals surface area contributed by atoms with Crippen molar-refractivity contribution < 1.29 is 95.4 Å². The number of hydrogen-bond donors (Lipinski definition) is 1. The lowest BCUT2D eigenvalue weighted by Crippen LogP contribution is -2.67. The topological polar surface area (TPSA) is 293 Å². The van der Waals surface area contributed by atoms with Crippen LogP contribution in [0.25, 0.3) is 0 Å². The highest BCUT2D eigenvalue weighted by molar-refractivity contribution is 5.85. The molecular weight excluding hydrogens is 760 g/mol. The first kappa shape index (κ1) is 44.5. The van der Waals surface area contributed by atoms with E-state index in [9.17, 15) is 48.5 Å². The van der Waals surface area contributed by atoms with Gasteiger partial charge in [-0.2, -0.15) is 0 Å². The van der Waals surface area contributed by atoms with Crippen molar-refractivity contribution in [2.75, 3.05) is 18.5 Å². The zero-order chi connectivity index (χ0) is 41.9. The highest BCUT2D eigenvalue weighted by atomic mass is 16.8. The summed E-state index contributed by atoms with van der Waals surface area (Å²) in [5.41, 5.74) is -0.302. The van der Waals surface area contributed by atoms with Gasteiger partial charge in [-0.05, 0) is 12.1 Å². The van der Waals surface area contributed by atoms with Gasteiger partial charge in [-0.15, -0.1) is 0 Å². The number of amides is 1. The van der Waals surface area contributed by atoms with Crippen molar-refractivity contribution in [2.45, 2.75) is 110 Å². The van der Waals surface area contributed by atoms with Crippen LogP contribution in [-0.2, 0) is 85.7 Å². The predicted molar refractivity (Wildman–Crippen MR) is 176 cm³/mol. The number of benzene rings is 1. The largest absolute Gasteiger partial charge is 0.463 e. The Morgan fingerprint density at radius 1 is 0.554 bits per heavy atom. The number of ether oxygens (including phenoxy) is 11. The molecule has 23 nitrogen and oxygen atoms in total. The molecule has 2 saturated heterocycles. The molecule has 2 aliphatic heterocycles. The molecule has 1 amide bonds. The predicted octanol–water partition coefficient (Wildman–Crippen LogP) is 0.763. The second-order valence-corrected chi connectivity index (χ2v) is 12.0. The molecule has 1 aromatic carbocycles. The van der Waals surface area contributed by atoms with Gasteiger partial charge in [-0.25, -0.2) is 4.79 Å². The zero-order valence-electron chi connectivity index (χ0n) is 31.0. The lowest BCUT2D eigenvalue weighted by molar-refractivity contribution is -0.384. The van der Waals surface area contributed by atoms with Gasteiger partial charge in [-0.1, -0.05) is 0 Å². The van der Waals surface area contributed by atoms with Crippen LogP contribution < -0.4 is 5.32 Å². The minimum atomic E-state index is -2.00. The van der Waals surface area contributed by atoms with Gasteiger partial charge in [0, 0.05) is 66.3 Å². The Hall–Kier alpha value is -5.94. The molecule has 56 heavy (non-hydrogen) atoms. The van der Waals surface area contributed by atoms with Crippen LogP contribution in [0.15, 0.2) is 24.3 Å². The molecule has 2 heterocycles. The Labute approximate surface area is 317 Å². The number of rotatable bonds is 14. The molecule has 2 fully saturated rings. The Morgan fingerprint density at radius 2 is 0.964 bits per heavy atom. The molecule has 0 radical (unpaired) electrons. The molecule has 0 saturated carbocycles. The molecule has 308 valence electrons. The number of non-ortho nitro benzene ring substituents is 1. The number of carbonyl (C=O) groups is 8. The van der Waals surface area contributed by atoms with E-state index in [1.807, 2.05) is 0 Å². The maximum atomic E-state index is 13.3. The summed E-state index contributed by atoms with van der Waals surface area (Å²) in [5.74, 6) is -6.52. The smallest absolute Gasteiger partial charge is 0.412 e. The summed E-state index contributed by atoms with van der Waals surface area (Å²) < 4.78 is 60.9. The van der Waals surface area contributed by atoms with Gasteiger partial charge in [0.1, 0.15) is 25.4 Å². The first-order valence-corrected chi connectivity index (χ1v) is 16.6. The van der Waals surface area contributed by atoms with Crippen LogP contribution in [0.4, 0.5) is 16.2 Å². The minimum Gasteiger partial charge on any atom is -0.463 e. The molecule has 10 atom stereocenters. The van der Waals surface area contributed by atoms with Gasteiger partial charge < -0.3 is 52.1 Å². The molecule has 0 unspecified atom stereocenters. The third-order valence-corrected chi connectivity index (χ3v) is 7.43. The van der Waals surface area contributed by atoms with Crippen molar-refractivity contribution in [3.05, 3.63) is 34.4 Å². The van der Waals surface area contributed by atoms with E-state index in [-0.39, 0.29) is 11.4 Å². The van der Waals surface area contributed by atoms with Gasteiger partial charge in [0.15, 0.2) is 42.9 Å². The second-order valence-electron chi connectivity index (χ2n) is 12.0. The number of esters is 7. The fourth-order valence-electron chi connectivity index (χ4n) is 5.47. The van der Waals surface area contributed by atoms with E-state index >= 15 is 0 Å². The van der Waals surface area contributed by atoms with Crippen LogP contribution in [0.1, 0.15) is 48.5 Å². The second kappa shape index (κ2) is 20.1. The molecule has 0 bridgehead atoms. The average molecular weight is 801 g/mol.